The van der Waals surface area contributed by atoms with Crippen molar-refractivity contribution in [3.05, 3.63) is 38.8 Å². The predicted octanol–water partition coefficient (Wildman–Crippen LogP) is 2.80. The number of rotatable bonds is 8. The lowest BCUT2D eigenvalue weighted by Crippen LogP contribution is -2.44. The lowest BCUT2D eigenvalue weighted by molar-refractivity contribution is -0.150. The Hall–Kier alpha value is -2.51. The Balaban J connectivity index is 2.51. The number of nitriles is 1. The second-order valence-electron chi connectivity index (χ2n) is 6.57. The maximum Gasteiger partial charge on any atom is 0.319 e. The van der Waals surface area contributed by atoms with Crippen LogP contribution in [0.5, 0.6) is 5.75 Å². The van der Waals surface area contributed by atoms with Crippen molar-refractivity contribution in [3.8, 4) is 11.8 Å². The number of hydrogen-bond acceptors (Lipinski definition) is 7. The van der Waals surface area contributed by atoms with Gasteiger partial charge < -0.3 is 19.7 Å². The Labute approximate surface area is 194 Å². The first-order valence-corrected chi connectivity index (χ1v) is 11.4. The Morgan fingerprint density at radius 1 is 1.29 bits per heavy atom. The van der Waals surface area contributed by atoms with Crippen molar-refractivity contribution in [3.63, 3.8) is 0 Å². The molecule has 1 aliphatic rings. The molecule has 0 aromatic heterocycles. The number of benzene rings is 1. The highest BCUT2D eigenvalue weighted by Gasteiger charge is 2.44. The van der Waals surface area contributed by atoms with Crippen molar-refractivity contribution in [2.24, 2.45) is 5.92 Å². The summed E-state index contributed by atoms with van der Waals surface area (Å²) in [6.45, 7) is 4.90. The summed E-state index contributed by atoms with van der Waals surface area (Å²) in [5.74, 6) is -2.90. The monoisotopic (exact) mass is 509 g/mol. The molecule has 0 bridgehead atoms. The van der Waals surface area contributed by atoms with E-state index in [9.17, 15) is 19.6 Å². The van der Waals surface area contributed by atoms with E-state index in [2.05, 4.69) is 27.3 Å². The number of allylic oxidation sites excluding steroid dienone is 1. The molecule has 166 valence electrons. The molecule has 1 aromatic carbocycles. The van der Waals surface area contributed by atoms with E-state index in [1.807, 2.05) is 13.8 Å². The van der Waals surface area contributed by atoms with Gasteiger partial charge in [-0.05, 0) is 47.5 Å². The highest BCUT2D eigenvalue weighted by molar-refractivity contribution is 9.10. The summed E-state index contributed by atoms with van der Waals surface area (Å²) in [6, 6.07) is 7.22. The Morgan fingerprint density at radius 2 is 1.97 bits per heavy atom. The van der Waals surface area contributed by atoms with Crippen LogP contribution < -0.4 is 10.1 Å². The second kappa shape index (κ2) is 11.2. The van der Waals surface area contributed by atoms with Crippen LogP contribution in [-0.2, 0) is 19.1 Å². The zero-order chi connectivity index (χ0) is 23.1. The molecule has 2 atom stereocenters. The third kappa shape index (κ3) is 5.40. The largest absolute Gasteiger partial charge is 0.496 e. The maximum absolute atomic E-state index is 12.8. The summed E-state index contributed by atoms with van der Waals surface area (Å²) in [6.07, 6.45) is 0. The molecule has 10 heteroatoms. The van der Waals surface area contributed by atoms with E-state index < -0.39 is 23.7 Å². The van der Waals surface area contributed by atoms with Crippen LogP contribution in [0.4, 0.5) is 0 Å². The van der Waals surface area contributed by atoms with Gasteiger partial charge in [0.15, 0.2) is 0 Å². The number of halogens is 1. The Kier molecular flexibility index (Phi) is 8.95. The molecule has 1 aromatic rings. The van der Waals surface area contributed by atoms with E-state index in [1.165, 1.54) is 14.2 Å². The molecule has 1 N–H and O–H groups in total. The SMILES string of the molecule is CCN(CC)C(=O)CSC1=C(C#N)[C@H](c2ccc(OC)c(Br)c2)[C@H](C(=O)OC)C(=O)N1. The minimum absolute atomic E-state index is 0.0599. The number of amides is 2. The van der Waals surface area contributed by atoms with Gasteiger partial charge in [0.2, 0.25) is 11.8 Å². The van der Waals surface area contributed by atoms with Crippen molar-refractivity contribution in [2.75, 3.05) is 33.1 Å². The molecule has 0 saturated heterocycles. The van der Waals surface area contributed by atoms with E-state index in [-0.39, 0.29) is 22.3 Å². The lowest BCUT2D eigenvalue weighted by atomic mass is 9.78. The molecule has 0 radical (unpaired) electrons. The molecule has 8 nitrogen and oxygen atoms in total. The topological polar surface area (TPSA) is 109 Å². The van der Waals surface area contributed by atoms with Crippen molar-refractivity contribution in [2.45, 2.75) is 19.8 Å². The van der Waals surface area contributed by atoms with Gasteiger partial charge in [-0.1, -0.05) is 17.8 Å². The molecule has 0 aliphatic carbocycles. The minimum atomic E-state index is -1.23. The quantitative estimate of drug-likeness (QED) is 0.423. The van der Waals surface area contributed by atoms with Crippen molar-refractivity contribution in [1.29, 1.82) is 5.26 Å². The van der Waals surface area contributed by atoms with E-state index in [4.69, 9.17) is 9.47 Å². The Morgan fingerprint density at radius 3 is 2.48 bits per heavy atom. The van der Waals surface area contributed by atoms with Crippen LogP contribution >= 0.6 is 27.7 Å². The second-order valence-corrected chi connectivity index (χ2v) is 8.41. The van der Waals surface area contributed by atoms with Gasteiger partial charge >= 0.3 is 5.97 Å². The molecular weight excluding hydrogens is 486 g/mol. The molecule has 0 fully saturated rings. The molecule has 1 aliphatic heterocycles. The summed E-state index contributed by atoms with van der Waals surface area (Å²) in [5.41, 5.74) is 0.770. The normalized spacial score (nSPS) is 18.1. The molecule has 2 rings (SSSR count). The fraction of sp³-hybridized carbons (Fsp3) is 0.429. The summed E-state index contributed by atoms with van der Waals surface area (Å²) in [7, 11) is 2.72. The van der Waals surface area contributed by atoms with E-state index in [0.717, 1.165) is 11.8 Å². The van der Waals surface area contributed by atoms with Gasteiger partial charge in [0.25, 0.3) is 0 Å². The average Bonchev–Trinajstić information content (AvgIpc) is 2.77. The summed E-state index contributed by atoms with van der Waals surface area (Å²) in [4.78, 5) is 39.4. The van der Waals surface area contributed by atoms with Crippen LogP contribution in [0, 0.1) is 17.2 Å². The molecule has 0 unspecified atom stereocenters. The van der Waals surface area contributed by atoms with Crippen molar-refractivity contribution >= 4 is 45.5 Å². The third-order valence-corrected chi connectivity index (χ3v) is 6.60. The standard InChI is InChI=1S/C21H24BrN3O5S/c1-5-25(6-2)16(26)11-31-20-13(10-23)17(18(19(27)24-20)21(28)30-4)12-7-8-15(29-3)14(22)9-12/h7-9,17-18H,5-6,11H2,1-4H3,(H,24,27)/t17-,18-/m0/s1. The van der Waals surface area contributed by atoms with Crippen LogP contribution in [-0.4, -0.2) is 55.7 Å². The van der Waals surface area contributed by atoms with Gasteiger partial charge in [-0.2, -0.15) is 5.26 Å². The van der Waals surface area contributed by atoms with Gasteiger partial charge in [0.05, 0.1) is 41.1 Å². The number of thioether (sulfide) groups is 1. The first kappa shape index (κ1) is 24.8. The maximum atomic E-state index is 12.8. The number of esters is 1. The zero-order valence-electron chi connectivity index (χ0n) is 17.7. The van der Waals surface area contributed by atoms with E-state index >= 15 is 0 Å². The van der Waals surface area contributed by atoms with Gasteiger partial charge in [-0.15, -0.1) is 0 Å². The summed E-state index contributed by atoms with van der Waals surface area (Å²) < 4.78 is 10.7. The zero-order valence-corrected chi connectivity index (χ0v) is 20.1. The van der Waals surface area contributed by atoms with Crippen molar-refractivity contribution in [1.82, 2.24) is 10.2 Å². The Bertz CT molecular complexity index is 939. The van der Waals surface area contributed by atoms with Gasteiger partial charge in [-0.3, -0.25) is 14.4 Å². The van der Waals surface area contributed by atoms with Gasteiger partial charge in [-0.25, -0.2) is 0 Å². The highest BCUT2D eigenvalue weighted by Crippen LogP contribution is 2.42. The highest BCUT2D eigenvalue weighted by atomic mass is 79.9. The summed E-state index contributed by atoms with van der Waals surface area (Å²) in [5, 5.41) is 12.8. The molecule has 0 spiro atoms. The molecule has 31 heavy (non-hydrogen) atoms. The van der Waals surface area contributed by atoms with Crippen LogP contribution in [0.1, 0.15) is 25.3 Å². The first-order chi connectivity index (χ1) is 14.8. The molecule has 0 saturated carbocycles. The number of methoxy groups -OCH3 is 2. The van der Waals surface area contributed by atoms with Gasteiger partial charge in [0, 0.05) is 19.0 Å². The minimum Gasteiger partial charge on any atom is -0.496 e. The number of nitrogens with one attached hydrogen (secondary N) is 1. The number of carbonyl (C=O) groups excluding carboxylic acids is 3. The van der Waals surface area contributed by atoms with E-state index in [1.54, 1.807) is 23.1 Å². The molecule has 2 amide bonds. The molecule has 1 heterocycles. The smallest absolute Gasteiger partial charge is 0.319 e. The van der Waals surface area contributed by atoms with Gasteiger partial charge in [0.1, 0.15) is 11.7 Å². The number of hydrogen-bond donors (Lipinski definition) is 1. The number of carbonyl (C=O) groups is 3. The lowest BCUT2D eigenvalue weighted by Gasteiger charge is -2.31. The fourth-order valence-corrected chi connectivity index (χ4v) is 4.87. The number of nitrogens with zero attached hydrogens (tertiary/aromatic N) is 2. The van der Waals surface area contributed by atoms with Crippen LogP contribution in [0.25, 0.3) is 0 Å². The third-order valence-electron chi connectivity index (χ3n) is 4.97. The van der Waals surface area contributed by atoms with Crippen LogP contribution in [0.3, 0.4) is 0 Å². The predicted molar refractivity (Wildman–Crippen MR) is 120 cm³/mol. The van der Waals surface area contributed by atoms with E-state index in [0.29, 0.717) is 28.9 Å². The average molecular weight is 510 g/mol. The van der Waals surface area contributed by atoms with Crippen LogP contribution in [0.15, 0.2) is 33.3 Å². The molecular formula is C21H24BrN3O5S. The van der Waals surface area contributed by atoms with Crippen LogP contribution in [0.2, 0.25) is 0 Å². The number of ether oxygens (including phenoxy) is 2. The fourth-order valence-electron chi connectivity index (χ4n) is 3.36. The van der Waals surface area contributed by atoms with Crippen molar-refractivity contribution < 1.29 is 23.9 Å². The summed E-state index contributed by atoms with van der Waals surface area (Å²) >= 11 is 4.48. The first-order valence-electron chi connectivity index (χ1n) is 9.59.